The van der Waals surface area contributed by atoms with E-state index in [0.717, 1.165) is 21.8 Å². The van der Waals surface area contributed by atoms with Gasteiger partial charge in [0.15, 0.2) is 5.78 Å². The highest BCUT2D eigenvalue weighted by Gasteiger charge is 2.12. The lowest BCUT2D eigenvalue weighted by molar-refractivity contribution is 0.0978. The number of ketones is 2. The molecule has 0 spiro atoms. The molecule has 0 saturated heterocycles. The van der Waals surface area contributed by atoms with Crippen LogP contribution >= 0.6 is 23.5 Å². The Hall–Kier alpha value is -3.61. The molecule has 218 valence electrons. The van der Waals surface area contributed by atoms with Crippen LogP contribution in [0.5, 0.6) is 0 Å². The monoisotopic (exact) mass is 597 g/mol. The van der Waals surface area contributed by atoms with Crippen molar-refractivity contribution in [2.75, 3.05) is 0 Å². The van der Waals surface area contributed by atoms with E-state index in [1.54, 1.807) is 42.6 Å². The molecule has 6 heteroatoms. The van der Waals surface area contributed by atoms with Gasteiger partial charge in [-0.2, -0.15) is 0 Å². The minimum atomic E-state index is -0.230. The first kappa shape index (κ1) is 32.9. The Kier molecular flexibility index (Phi) is 14.7. The van der Waals surface area contributed by atoms with Crippen LogP contribution in [0.15, 0.2) is 134 Å². The second-order valence-corrected chi connectivity index (χ2v) is 12.0. The van der Waals surface area contributed by atoms with E-state index in [1.807, 2.05) is 84.9 Å². The van der Waals surface area contributed by atoms with E-state index in [0.29, 0.717) is 18.4 Å². The van der Waals surface area contributed by atoms with Gasteiger partial charge in [0.25, 0.3) is 0 Å². The number of carbonyl (C=O) groups is 2. The van der Waals surface area contributed by atoms with Gasteiger partial charge in [0.1, 0.15) is 5.71 Å². The highest BCUT2D eigenvalue weighted by Crippen LogP contribution is 2.28. The first-order valence-corrected chi connectivity index (χ1v) is 16.1. The topological polar surface area (TPSA) is 66.7 Å². The quantitative estimate of drug-likeness (QED) is 0.0515. The number of oxime groups is 1. The van der Waals surface area contributed by atoms with Crippen LogP contribution in [-0.2, 0) is 0 Å². The highest BCUT2D eigenvalue weighted by atomic mass is 32.2. The lowest BCUT2D eigenvalue weighted by atomic mass is 10.0. The summed E-state index contributed by atoms with van der Waals surface area (Å²) in [5, 5.41) is 11.8. The zero-order chi connectivity index (χ0) is 30.0. The Morgan fingerprint density at radius 3 is 1.50 bits per heavy atom. The van der Waals surface area contributed by atoms with Gasteiger partial charge in [0.2, 0.25) is 5.78 Å². The molecule has 0 radical (unpaired) electrons. The van der Waals surface area contributed by atoms with Crippen molar-refractivity contribution in [1.29, 1.82) is 0 Å². The van der Waals surface area contributed by atoms with Crippen LogP contribution in [0.4, 0.5) is 0 Å². The zero-order valence-electron chi connectivity index (χ0n) is 24.4. The molecule has 0 bridgehead atoms. The summed E-state index contributed by atoms with van der Waals surface area (Å²) in [6.07, 6.45) is 7.04. The molecule has 0 aliphatic carbocycles. The van der Waals surface area contributed by atoms with Crippen molar-refractivity contribution in [3.8, 4) is 0 Å². The Morgan fingerprint density at radius 1 is 0.595 bits per heavy atom. The number of benzene rings is 4. The molecule has 0 heterocycles. The Bertz CT molecular complexity index is 1390. The molecule has 4 nitrogen and oxygen atoms in total. The summed E-state index contributed by atoms with van der Waals surface area (Å²) in [6.45, 7) is 3.99. The molecule has 0 unspecified atom stereocenters. The summed E-state index contributed by atoms with van der Waals surface area (Å²) in [6, 6.07) is 35.7. The molecule has 0 aliphatic heterocycles. The molecule has 0 saturated carbocycles. The normalized spacial score (nSPS) is 11.0. The summed E-state index contributed by atoms with van der Waals surface area (Å²) >= 11 is 3.36. The number of hydrogen-bond donors (Lipinski definition) is 1. The number of nitrogens with zero attached hydrogens (tertiary/aromatic N) is 1. The van der Waals surface area contributed by atoms with Crippen LogP contribution < -0.4 is 0 Å². The smallest absolute Gasteiger partial charge is 0.210 e. The van der Waals surface area contributed by atoms with Crippen molar-refractivity contribution in [2.24, 2.45) is 5.16 Å². The van der Waals surface area contributed by atoms with E-state index in [-0.39, 0.29) is 17.3 Å². The van der Waals surface area contributed by atoms with Crippen molar-refractivity contribution in [2.45, 2.75) is 78.4 Å². The van der Waals surface area contributed by atoms with Gasteiger partial charge in [0, 0.05) is 37.1 Å². The van der Waals surface area contributed by atoms with Gasteiger partial charge in [-0.1, -0.05) is 117 Å². The van der Waals surface area contributed by atoms with Gasteiger partial charge in [-0.25, -0.2) is 0 Å². The van der Waals surface area contributed by atoms with Crippen molar-refractivity contribution >= 4 is 40.8 Å². The highest BCUT2D eigenvalue weighted by molar-refractivity contribution is 7.99. The molecule has 0 atom stereocenters. The van der Waals surface area contributed by atoms with E-state index in [1.165, 1.54) is 35.5 Å². The third-order valence-electron chi connectivity index (χ3n) is 6.48. The summed E-state index contributed by atoms with van der Waals surface area (Å²) in [7, 11) is 0. The fraction of sp³-hybridized carbons (Fsp3) is 0.250. The van der Waals surface area contributed by atoms with Crippen LogP contribution in [0.1, 0.15) is 79.5 Å². The van der Waals surface area contributed by atoms with Gasteiger partial charge >= 0.3 is 0 Å². The molecule has 0 aliphatic rings. The molecular formula is C36H39NO3S2. The van der Waals surface area contributed by atoms with Crippen molar-refractivity contribution in [3.05, 3.63) is 120 Å². The Balaban J connectivity index is 0.000000231. The number of Topliss-reactive ketones (excluding diaryl/α,β-unsaturated/α-hetero) is 2. The summed E-state index contributed by atoms with van der Waals surface area (Å²) in [5.41, 5.74) is 1.55. The van der Waals surface area contributed by atoms with Gasteiger partial charge in [0.05, 0.1) is 0 Å². The molecule has 0 amide bonds. The summed E-state index contributed by atoms with van der Waals surface area (Å²) < 4.78 is 0. The van der Waals surface area contributed by atoms with Gasteiger partial charge in [-0.3, -0.25) is 9.59 Å². The van der Waals surface area contributed by atoms with Crippen LogP contribution in [0.2, 0.25) is 0 Å². The average Bonchev–Trinajstić information content (AvgIpc) is 3.03. The maximum atomic E-state index is 12.1. The molecular weight excluding hydrogens is 559 g/mol. The van der Waals surface area contributed by atoms with Crippen molar-refractivity contribution < 1.29 is 14.8 Å². The average molecular weight is 598 g/mol. The summed E-state index contributed by atoms with van der Waals surface area (Å²) in [4.78, 5) is 28.7. The number of rotatable bonds is 14. The van der Waals surface area contributed by atoms with Gasteiger partial charge < -0.3 is 5.21 Å². The first-order chi connectivity index (χ1) is 20.5. The molecule has 42 heavy (non-hydrogen) atoms. The third-order valence-corrected chi connectivity index (χ3v) is 8.51. The third kappa shape index (κ3) is 11.3. The first-order valence-electron chi connectivity index (χ1n) is 14.5. The van der Waals surface area contributed by atoms with Crippen molar-refractivity contribution in [1.82, 2.24) is 0 Å². The standard InChI is InChI=1S/C20H24OS.C16H15NO2S/c1-2-3-4-5-9-12-20(21)17-13-15-19(16-14-17)22-18-10-7-6-8-11-18;1-2-15(17-19)16(18)12-8-10-14(11-9-12)20-13-6-4-3-5-7-13/h6-8,10-11,13-16H,2-5,9,12H2,1H3;3-11,19H,2H2,1H3. The maximum absolute atomic E-state index is 12.1. The predicted octanol–water partition coefficient (Wildman–Crippen LogP) is 10.6. The number of carbonyl (C=O) groups excluding carboxylic acids is 2. The van der Waals surface area contributed by atoms with Crippen LogP contribution in [0.25, 0.3) is 0 Å². The lowest BCUT2D eigenvalue weighted by Gasteiger charge is -2.04. The fourth-order valence-electron chi connectivity index (χ4n) is 4.11. The maximum Gasteiger partial charge on any atom is 0.210 e. The minimum Gasteiger partial charge on any atom is -0.411 e. The number of hydrogen-bond acceptors (Lipinski definition) is 6. The molecule has 1 N–H and O–H groups in total. The van der Waals surface area contributed by atoms with Crippen LogP contribution in [0, 0.1) is 0 Å². The summed E-state index contributed by atoms with van der Waals surface area (Å²) in [5.74, 6) is 0.0408. The fourth-order valence-corrected chi connectivity index (χ4v) is 5.78. The van der Waals surface area contributed by atoms with E-state index >= 15 is 0 Å². The molecule has 4 aromatic carbocycles. The van der Waals surface area contributed by atoms with E-state index in [2.05, 4.69) is 24.2 Å². The van der Waals surface area contributed by atoms with Crippen molar-refractivity contribution in [3.63, 3.8) is 0 Å². The van der Waals surface area contributed by atoms with E-state index in [4.69, 9.17) is 5.21 Å². The SMILES string of the molecule is CCC(=NO)C(=O)c1ccc(Sc2ccccc2)cc1.CCCCCCCC(=O)c1ccc(Sc2ccccc2)cc1. The van der Waals surface area contributed by atoms with Crippen LogP contribution in [-0.4, -0.2) is 22.5 Å². The largest absolute Gasteiger partial charge is 0.411 e. The Morgan fingerprint density at radius 2 is 1.05 bits per heavy atom. The second-order valence-electron chi connectivity index (χ2n) is 9.70. The Labute approximate surface area is 258 Å². The molecule has 0 aromatic heterocycles. The van der Waals surface area contributed by atoms with Crippen LogP contribution in [0.3, 0.4) is 0 Å². The molecule has 0 fully saturated rings. The minimum absolute atomic E-state index is 0.175. The van der Waals surface area contributed by atoms with Gasteiger partial charge in [-0.15, -0.1) is 0 Å². The zero-order valence-corrected chi connectivity index (χ0v) is 26.0. The van der Waals surface area contributed by atoms with E-state index in [9.17, 15) is 9.59 Å². The van der Waals surface area contributed by atoms with E-state index < -0.39 is 0 Å². The molecule has 4 aromatic rings. The lowest BCUT2D eigenvalue weighted by Crippen LogP contribution is -2.13. The van der Waals surface area contributed by atoms with Gasteiger partial charge in [-0.05, 0) is 73.5 Å². The predicted molar refractivity (Wildman–Crippen MR) is 176 cm³/mol. The number of unbranched alkanes of at least 4 members (excludes halogenated alkanes) is 4. The molecule has 4 rings (SSSR count). The second kappa shape index (κ2) is 18.7.